The van der Waals surface area contributed by atoms with Gasteiger partial charge in [-0.2, -0.15) is 13.5 Å². The predicted octanol–water partition coefficient (Wildman–Crippen LogP) is 12.8. The van der Waals surface area contributed by atoms with Crippen molar-refractivity contribution in [2.75, 3.05) is 23.8 Å². The van der Waals surface area contributed by atoms with E-state index in [1.807, 2.05) is 13.8 Å². The summed E-state index contributed by atoms with van der Waals surface area (Å²) in [6.45, 7) is 8.26. The number of ether oxygens (including phenoxy) is 2. The summed E-state index contributed by atoms with van der Waals surface area (Å²) < 4.78 is 80.2. The maximum Gasteiger partial charge on any atom is 2.00 e. The van der Waals surface area contributed by atoms with Crippen LogP contribution in [0.15, 0.2) is 164 Å². The van der Waals surface area contributed by atoms with Crippen molar-refractivity contribution in [1.29, 1.82) is 0 Å². The summed E-state index contributed by atoms with van der Waals surface area (Å²) in [6, 6.07) is 34.9. The maximum absolute atomic E-state index is 13.4. The first-order valence-electron chi connectivity index (χ1n) is 23.2. The van der Waals surface area contributed by atoms with Crippen LogP contribution in [0.1, 0.15) is 59.5 Å². The monoisotopic (exact) mass is 1140 g/mol. The number of phenols is 1. The van der Waals surface area contributed by atoms with Crippen LogP contribution in [-0.2, 0) is 33.1 Å². The Morgan fingerprint density at radius 2 is 1.00 bits per heavy atom. The number of nitrogens with one attached hydrogen (secondary N) is 2. The van der Waals surface area contributed by atoms with E-state index < -0.39 is 53.3 Å². The Bertz CT molecular complexity index is 3560. The van der Waals surface area contributed by atoms with Gasteiger partial charge in [-0.15, -0.1) is 15.3 Å². The van der Waals surface area contributed by atoms with Gasteiger partial charge in [-0.3, -0.25) is 14.1 Å². The van der Waals surface area contributed by atoms with E-state index in [0.717, 1.165) is 6.07 Å². The summed E-state index contributed by atoms with van der Waals surface area (Å²) in [6.07, 6.45) is 0.815. The molecule has 0 fully saturated rings. The third-order valence-corrected chi connectivity index (χ3v) is 13.8. The van der Waals surface area contributed by atoms with Gasteiger partial charge in [0.15, 0.2) is 5.75 Å². The molecule has 0 aliphatic rings. The van der Waals surface area contributed by atoms with Crippen LogP contribution < -0.4 is 25.2 Å². The van der Waals surface area contributed by atoms with Gasteiger partial charge in [-0.25, -0.2) is 8.42 Å². The largest absolute Gasteiger partial charge is 2.00 e. The number of amides is 2. The fourth-order valence-corrected chi connectivity index (χ4v) is 9.53. The number of phenolic OH excluding ortho intramolecular Hbond substituents is 1. The number of halogens is 2. The third kappa shape index (κ3) is 14.5. The molecule has 0 aliphatic carbocycles. The minimum Gasteiger partial charge on any atom is -0.870 e. The van der Waals surface area contributed by atoms with Crippen molar-refractivity contribution in [3.05, 3.63) is 166 Å². The molecule has 2 amide bonds. The summed E-state index contributed by atoms with van der Waals surface area (Å²) in [4.78, 5) is 25.1. The van der Waals surface area contributed by atoms with Gasteiger partial charge in [0.1, 0.15) is 43.6 Å². The molecule has 8 rings (SSSR count). The van der Waals surface area contributed by atoms with Crippen LogP contribution in [0.3, 0.4) is 0 Å². The minimum atomic E-state index is -4.92. The summed E-state index contributed by atoms with van der Waals surface area (Å²) >= 11 is 12.5. The summed E-state index contributed by atoms with van der Waals surface area (Å²) in [5.74, 6) is -1.16. The Labute approximate surface area is 483 Å². The number of carbonyl (C=O) groups excluding carboxylic acids is 2. The molecular formula is C54H46CaCl2N6O12S2. The zero-order chi connectivity index (χ0) is 54.9. The van der Waals surface area contributed by atoms with E-state index in [1.54, 1.807) is 111 Å². The average molecular weight is 1150 g/mol. The molecule has 0 saturated carbocycles. The molecule has 0 saturated heterocycles. The number of benzene rings is 8. The van der Waals surface area contributed by atoms with E-state index in [9.17, 15) is 45.7 Å². The van der Waals surface area contributed by atoms with Gasteiger partial charge >= 0.3 is 37.7 Å². The molecule has 18 nitrogen and oxygen atoms in total. The van der Waals surface area contributed by atoms with Crippen molar-refractivity contribution in [2.45, 2.75) is 50.3 Å². The van der Waals surface area contributed by atoms with E-state index in [4.69, 9.17) is 32.7 Å². The SMILES string of the molecule is CCOc1ccc(NC(=O)c2cc3ccccc3c(N=Nc3cc(Cl)c(CC)cc3S(=O)(=O)O)c2O)cc1.CCOc1ccc(NC(=O)c2cc3ccccc3c(N=Nc3cc(Cl)c(CC)cc3S(=O)(=O)[O-])c2[O-])cc1.[Ca+2]. The zero-order valence-electron chi connectivity index (χ0n) is 41.6. The number of hydrogen-bond acceptors (Lipinski definition) is 15. The smallest absolute Gasteiger partial charge is 0.870 e. The van der Waals surface area contributed by atoms with Crippen molar-refractivity contribution >= 4 is 149 Å². The van der Waals surface area contributed by atoms with Gasteiger partial charge in [0.05, 0.1) is 29.4 Å². The normalized spacial score (nSPS) is 11.5. The molecule has 8 aromatic carbocycles. The molecule has 8 aromatic rings. The van der Waals surface area contributed by atoms with Gasteiger partial charge in [0, 0.05) is 37.8 Å². The molecule has 0 heterocycles. The Balaban J connectivity index is 0.000000246. The van der Waals surface area contributed by atoms with Crippen LogP contribution >= 0.6 is 23.2 Å². The van der Waals surface area contributed by atoms with E-state index >= 15 is 0 Å². The van der Waals surface area contributed by atoms with E-state index in [-0.39, 0.29) is 81.7 Å². The Hall–Kier alpha value is -6.72. The predicted molar refractivity (Wildman–Crippen MR) is 294 cm³/mol. The molecular weight excluding hydrogens is 1100 g/mol. The molecule has 77 heavy (non-hydrogen) atoms. The van der Waals surface area contributed by atoms with Crippen LogP contribution in [0.25, 0.3) is 21.5 Å². The van der Waals surface area contributed by atoms with Crippen LogP contribution in [0.5, 0.6) is 23.0 Å². The van der Waals surface area contributed by atoms with Crippen LogP contribution in [0, 0.1) is 0 Å². The molecule has 0 bridgehead atoms. The Morgan fingerprint density at radius 3 is 1.45 bits per heavy atom. The third-order valence-electron chi connectivity index (χ3n) is 11.4. The zero-order valence-corrected chi connectivity index (χ0v) is 46.9. The van der Waals surface area contributed by atoms with E-state index in [2.05, 4.69) is 31.1 Å². The van der Waals surface area contributed by atoms with Crippen molar-refractivity contribution in [3.63, 3.8) is 0 Å². The number of hydrogen-bond donors (Lipinski definition) is 4. The molecule has 23 heteroatoms. The molecule has 0 atom stereocenters. The molecule has 0 aromatic heterocycles. The Morgan fingerprint density at radius 1 is 0.584 bits per heavy atom. The number of rotatable bonds is 16. The number of aryl methyl sites for hydroxylation is 2. The second-order valence-electron chi connectivity index (χ2n) is 16.3. The maximum atomic E-state index is 13.4. The molecule has 392 valence electrons. The topological polar surface area (TPSA) is 281 Å². The van der Waals surface area contributed by atoms with Gasteiger partial charge in [-0.05, 0) is 134 Å². The molecule has 0 spiro atoms. The van der Waals surface area contributed by atoms with Gasteiger partial charge < -0.3 is 34.9 Å². The fourth-order valence-electron chi connectivity index (χ4n) is 7.65. The van der Waals surface area contributed by atoms with Gasteiger partial charge in [0.2, 0.25) is 0 Å². The summed E-state index contributed by atoms with van der Waals surface area (Å²) in [5, 5.41) is 48.3. The molecule has 0 unspecified atom stereocenters. The number of nitrogens with zero attached hydrogens (tertiary/aromatic N) is 4. The van der Waals surface area contributed by atoms with Crippen molar-refractivity contribution in [3.8, 4) is 23.0 Å². The first kappa shape index (κ1) is 59.5. The number of carbonyl (C=O) groups is 2. The van der Waals surface area contributed by atoms with Gasteiger partial charge in [-0.1, -0.05) is 91.3 Å². The van der Waals surface area contributed by atoms with Gasteiger partial charge in [0.25, 0.3) is 21.9 Å². The minimum absolute atomic E-state index is 0. The van der Waals surface area contributed by atoms with Crippen LogP contribution in [0.4, 0.5) is 34.1 Å². The second-order valence-corrected chi connectivity index (χ2v) is 19.9. The molecule has 4 N–H and O–H groups in total. The average Bonchev–Trinajstić information content (AvgIpc) is 3.38. The number of fused-ring (bicyclic) bond motifs is 2. The number of azo groups is 2. The Kier molecular flexibility index (Phi) is 20.2. The first-order chi connectivity index (χ1) is 36.2. The van der Waals surface area contributed by atoms with E-state index in [1.165, 1.54) is 30.3 Å². The van der Waals surface area contributed by atoms with Crippen molar-refractivity contribution < 1.29 is 55.2 Å². The second kappa shape index (κ2) is 26.1. The van der Waals surface area contributed by atoms with Crippen molar-refractivity contribution in [1.82, 2.24) is 0 Å². The fraction of sp³-hybridized carbons (Fsp3) is 0.148. The quantitative estimate of drug-likeness (QED) is 0.0399. The molecule has 0 aliphatic heterocycles. The number of aromatic hydroxyl groups is 1. The standard InChI is InChI=1S/2C27H24ClN3O6S.Ca/c2*1-3-16-14-24(38(34,35)36)23(15-22(16)28)30-31-25-20-8-6-5-7-17(20)13-21(26(25)32)27(33)29-18-9-11-19(12-10-18)37-4-2;/h2*5-15,32H,3-4H2,1-2H3,(H,29,33)(H,34,35,36);/q;;+2/p-2. The van der Waals surface area contributed by atoms with E-state index in [0.29, 0.717) is 81.6 Å². The number of anilines is 2. The summed E-state index contributed by atoms with van der Waals surface area (Å²) in [7, 11) is -9.57. The molecule has 0 radical (unpaired) electrons. The van der Waals surface area contributed by atoms with Crippen molar-refractivity contribution in [2.24, 2.45) is 20.5 Å². The summed E-state index contributed by atoms with van der Waals surface area (Å²) in [5.41, 5.74) is 0.841. The first-order valence-corrected chi connectivity index (χ1v) is 26.8. The van der Waals surface area contributed by atoms with Crippen LogP contribution in [-0.4, -0.2) is 93.8 Å². The van der Waals surface area contributed by atoms with Crippen LogP contribution in [0.2, 0.25) is 10.0 Å².